The maximum atomic E-state index is 4.33. The molecule has 0 aliphatic heterocycles. The first kappa shape index (κ1) is 12.7. The molecule has 2 heterocycles. The van der Waals surface area contributed by atoms with Crippen molar-refractivity contribution >= 4 is 23.1 Å². The molecule has 2 rings (SSSR count). The Labute approximate surface area is 110 Å². The van der Waals surface area contributed by atoms with Crippen molar-refractivity contribution in [2.24, 2.45) is 0 Å². The summed E-state index contributed by atoms with van der Waals surface area (Å²) in [6.45, 7) is 5.27. The third-order valence-corrected chi connectivity index (χ3v) is 4.40. The molecule has 1 atom stereocenters. The maximum absolute atomic E-state index is 4.33. The first-order valence-corrected chi connectivity index (χ1v) is 7.46. The lowest BCUT2D eigenvalue weighted by Crippen LogP contribution is -2.22. The van der Waals surface area contributed by atoms with Gasteiger partial charge in [-0.2, -0.15) is 8.75 Å². The second-order valence-corrected chi connectivity index (χ2v) is 5.68. The largest absolute Gasteiger partial charge is 0.309 e. The summed E-state index contributed by atoms with van der Waals surface area (Å²) in [5, 5.41) is 3.47. The smallest absolute Gasteiger partial charge is 0.0915 e. The number of hydrogen-bond acceptors (Lipinski definition) is 5. The van der Waals surface area contributed by atoms with Gasteiger partial charge in [0.1, 0.15) is 0 Å². The van der Waals surface area contributed by atoms with Crippen LogP contribution in [0.25, 0.3) is 0 Å². The Kier molecular flexibility index (Phi) is 4.65. The van der Waals surface area contributed by atoms with Crippen molar-refractivity contribution < 1.29 is 0 Å². The van der Waals surface area contributed by atoms with Gasteiger partial charge in [-0.05, 0) is 25.1 Å². The van der Waals surface area contributed by atoms with Gasteiger partial charge >= 0.3 is 0 Å². The lowest BCUT2D eigenvalue weighted by molar-refractivity contribution is 0.543. The van der Waals surface area contributed by atoms with Gasteiger partial charge in [-0.3, -0.25) is 0 Å². The molecule has 17 heavy (non-hydrogen) atoms. The van der Waals surface area contributed by atoms with Gasteiger partial charge < -0.3 is 5.32 Å². The summed E-state index contributed by atoms with van der Waals surface area (Å²) < 4.78 is 8.41. The molecule has 92 valence electrons. The van der Waals surface area contributed by atoms with Crippen LogP contribution in [0.5, 0.6) is 0 Å². The molecule has 0 aromatic carbocycles. The number of aromatic nitrogens is 2. The van der Waals surface area contributed by atoms with Crippen LogP contribution < -0.4 is 5.32 Å². The van der Waals surface area contributed by atoms with Gasteiger partial charge in [0.25, 0.3) is 0 Å². The summed E-state index contributed by atoms with van der Waals surface area (Å²) in [4.78, 5) is 2.87. The Morgan fingerprint density at radius 1 is 1.29 bits per heavy atom. The fourth-order valence-corrected chi connectivity index (χ4v) is 3.25. The van der Waals surface area contributed by atoms with E-state index < -0.39 is 0 Å². The molecule has 2 aromatic rings. The van der Waals surface area contributed by atoms with Gasteiger partial charge in [-0.25, -0.2) is 0 Å². The van der Waals surface area contributed by atoms with Crippen LogP contribution in [0.4, 0.5) is 0 Å². The Hall–Kier alpha value is -0.780. The van der Waals surface area contributed by atoms with E-state index in [9.17, 15) is 0 Å². The second kappa shape index (κ2) is 6.23. The highest BCUT2D eigenvalue weighted by molar-refractivity contribution is 7.12. The molecule has 0 aliphatic carbocycles. The molecule has 3 nitrogen and oxygen atoms in total. The number of aryl methyl sites for hydroxylation is 1. The van der Waals surface area contributed by atoms with E-state index in [0.29, 0.717) is 6.04 Å². The van der Waals surface area contributed by atoms with E-state index >= 15 is 0 Å². The number of rotatable bonds is 6. The number of nitrogens with one attached hydrogen (secondary N) is 1. The monoisotopic (exact) mass is 267 g/mol. The molecule has 1 N–H and O–H groups in total. The second-order valence-electron chi connectivity index (χ2n) is 3.87. The lowest BCUT2D eigenvalue weighted by atomic mass is 10.1. The molecular weight excluding hydrogens is 250 g/mol. The SMILES string of the molecule is CCNC(Cc1ccc(CC)s1)c1cnsn1. The Morgan fingerprint density at radius 3 is 2.71 bits per heavy atom. The molecule has 0 aliphatic rings. The molecule has 0 saturated carbocycles. The van der Waals surface area contributed by atoms with Crippen LogP contribution in [0.2, 0.25) is 0 Å². The number of nitrogens with zero attached hydrogens (tertiary/aromatic N) is 2. The molecule has 0 bridgehead atoms. The number of hydrogen-bond donors (Lipinski definition) is 1. The van der Waals surface area contributed by atoms with E-state index in [0.717, 1.165) is 25.1 Å². The van der Waals surface area contributed by atoms with E-state index in [2.05, 4.69) is 40.0 Å². The molecule has 0 saturated heterocycles. The molecule has 0 fully saturated rings. The van der Waals surface area contributed by atoms with E-state index in [4.69, 9.17) is 0 Å². The average Bonchev–Trinajstić information content (AvgIpc) is 2.99. The van der Waals surface area contributed by atoms with E-state index in [1.807, 2.05) is 17.5 Å². The van der Waals surface area contributed by atoms with Crippen molar-refractivity contribution in [1.82, 2.24) is 14.1 Å². The van der Waals surface area contributed by atoms with Crippen LogP contribution in [-0.2, 0) is 12.8 Å². The summed E-state index contributed by atoms with van der Waals surface area (Å²) in [7, 11) is 0. The quantitative estimate of drug-likeness (QED) is 0.874. The first-order chi connectivity index (χ1) is 8.33. The minimum atomic E-state index is 0.294. The summed E-state index contributed by atoms with van der Waals surface area (Å²) in [5.74, 6) is 0. The van der Waals surface area contributed by atoms with Crippen LogP contribution in [0.1, 0.15) is 35.3 Å². The molecule has 0 spiro atoms. The number of thiophene rings is 1. The van der Waals surface area contributed by atoms with Gasteiger partial charge in [0.05, 0.1) is 29.7 Å². The third-order valence-electron chi connectivity index (χ3n) is 2.66. The van der Waals surface area contributed by atoms with Crippen LogP contribution >= 0.6 is 23.1 Å². The Balaban J connectivity index is 2.07. The standard InChI is InChI=1S/C12H17N3S2/c1-3-9-5-6-10(16-9)7-11(13-4-2)12-8-14-17-15-12/h5-6,8,11,13H,3-4,7H2,1-2H3. The predicted molar refractivity (Wildman–Crippen MR) is 73.7 cm³/mol. The average molecular weight is 267 g/mol. The minimum absolute atomic E-state index is 0.294. The normalized spacial score (nSPS) is 12.8. The van der Waals surface area contributed by atoms with E-state index in [-0.39, 0.29) is 0 Å². The van der Waals surface area contributed by atoms with Gasteiger partial charge in [-0.1, -0.05) is 13.8 Å². The minimum Gasteiger partial charge on any atom is -0.309 e. The predicted octanol–water partition coefficient (Wildman–Crippen LogP) is 3.06. The zero-order valence-electron chi connectivity index (χ0n) is 10.1. The summed E-state index contributed by atoms with van der Waals surface area (Å²) in [5.41, 5.74) is 1.06. The topological polar surface area (TPSA) is 37.8 Å². The van der Waals surface area contributed by atoms with Crippen molar-refractivity contribution in [1.29, 1.82) is 0 Å². The van der Waals surface area contributed by atoms with Gasteiger partial charge in [0.15, 0.2) is 0 Å². The highest BCUT2D eigenvalue weighted by atomic mass is 32.1. The van der Waals surface area contributed by atoms with Gasteiger partial charge in [0.2, 0.25) is 0 Å². The van der Waals surface area contributed by atoms with Crippen LogP contribution in [0.3, 0.4) is 0 Å². The van der Waals surface area contributed by atoms with Gasteiger partial charge in [-0.15, -0.1) is 11.3 Å². The third kappa shape index (κ3) is 3.34. The van der Waals surface area contributed by atoms with Crippen LogP contribution in [-0.4, -0.2) is 15.3 Å². The molecule has 0 amide bonds. The fourth-order valence-electron chi connectivity index (χ4n) is 1.78. The highest BCUT2D eigenvalue weighted by Crippen LogP contribution is 2.23. The summed E-state index contributed by atoms with van der Waals surface area (Å²) in [6, 6.07) is 4.75. The van der Waals surface area contributed by atoms with Crippen molar-refractivity contribution in [3.05, 3.63) is 33.8 Å². The zero-order valence-corrected chi connectivity index (χ0v) is 11.8. The highest BCUT2D eigenvalue weighted by Gasteiger charge is 2.14. The Bertz CT molecular complexity index is 436. The van der Waals surface area contributed by atoms with Gasteiger partial charge in [0, 0.05) is 16.2 Å². The van der Waals surface area contributed by atoms with Crippen LogP contribution in [0.15, 0.2) is 18.3 Å². The summed E-state index contributed by atoms with van der Waals surface area (Å²) in [6.07, 6.45) is 3.99. The molecule has 0 radical (unpaired) electrons. The molecule has 2 aromatic heterocycles. The number of likely N-dealkylation sites (N-methyl/N-ethyl adjacent to an activating group) is 1. The van der Waals surface area contributed by atoms with E-state index in [1.165, 1.54) is 21.5 Å². The molecular formula is C12H17N3S2. The summed E-state index contributed by atoms with van der Waals surface area (Å²) >= 11 is 3.18. The van der Waals surface area contributed by atoms with Crippen molar-refractivity contribution in [3.63, 3.8) is 0 Å². The first-order valence-electron chi connectivity index (χ1n) is 5.92. The maximum Gasteiger partial charge on any atom is 0.0915 e. The van der Waals surface area contributed by atoms with Crippen molar-refractivity contribution in [2.75, 3.05) is 6.54 Å². The lowest BCUT2D eigenvalue weighted by Gasteiger charge is -2.13. The van der Waals surface area contributed by atoms with Crippen molar-refractivity contribution in [3.8, 4) is 0 Å². The molecule has 5 heteroatoms. The fraction of sp³-hybridized carbons (Fsp3) is 0.500. The molecule has 1 unspecified atom stereocenters. The van der Waals surface area contributed by atoms with E-state index in [1.54, 1.807) is 0 Å². The zero-order chi connectivity index (χ0) is 12.1. The van der Waals surface area contributed by atoms with Crippen LogP contribution in [0, 0.1) is 0 Å². The Morgan fingerprint density at radius 2 is 2.12 bits per heavy atom. The van der Waals surface area contributed by atoms with Crippen molar-refractivity contribution in [2.45, 2.75) is 32.7 Å².